The zero-order valence-electron chi connectivity index (χ0n) is 22.6. The number of anilines is 1. The summed E-state index contributed by atoms with van der Waals surface area (Å²) in [5, 5.41) is 12.8. The van der Waals surface area contributed by atoms with E-state index in [4.69, 9.17) is 4.74 Å². The van der Waals surface area contributed by atoms with Crippen LogP contribution in [0.3, 0.4) is 0 Å². The molecule has 0 fully saturated rings. The van der Waals surface area contributed by atoms with E-state index in [1.807, 2.05) is 19.1 Å². The minimum Gasteiger partial charge on any atom is -0.494 e. The Morgan fingerprint density at radius 2 is 1.88 bits per heavy atom. The lowest BCUT2D eigenvalue weighted by Gasteiger charge is -2.31. The molecular formula is C29H26F3N7O2. The third kappa shape index (κ3) is 4.68. The molecule has 0 atom stereocenters. The highest BCUT2D eigenvalue weighted by molar-refractivity contribution is 6.13. The number of carbonyl (C=O) groups is 1. The van der Waals surface area contributed by atoms with Crippen LogP contribution in [0.25, 0.3) is 22.0 Å². The fourth-order valence-electron chi connectivity index (χ4n) is 5.46. The lowest BCUT2D eigenvalue weighted by Crippen LogP contribution is -2.38. The first-order valence-electron chi connectivity index (χ1n) is 13.0. The quantitative estimate of drug-likeness (QED) is 0.288. The number of imidazole rings is 1. The molecule has 6 rings (SSSR count). The highest BCUT2D eigenvalue weighted by Gasteiger charge is 2.39. The molecular weight excluding hydrogens is 535 g/mol. The number of hydrogen-bond donors (Lipinski definition) is 0. The standard InChI is InChI=1S/C29H26F3N7O2/c1-4-17-9-22-24(13-34-35-26(22)25(12-17)41-3)39-7-5-19-20(23-15-37(2)36-27(23)29(30,31)32)10-18(11-21(19)28(39)40)14-38-8-6-33-16-38/h6,8-13,15-16H,4-5,7,14H2,1-3H3. The first-order valence-corrected chi connectivity index (χ1v) is 13.0. The Bertz CT molecular complexity index is 1780. The monoisotopic (exact) mass is 561 g/mol. The molecule has 12 heteroatoms. The minimum absolute atomic E-state index is 0.0571. The van der Waals surface area contributed by atoms with Crippen molar-refractivity contribution in [2.45, 2.75) is 32.5 Å². The van der Waals surface area contributed by atoms with Gasteiger partial charge >= 0.3 is 6.18 Å². The van der Waals surface area contributed by atoms with E-state index in [0.717, 1.165) is 22.1 Å². The van der Waals surface area contributed by atoms with Gasteiger partial charge in [0.1, 0.15) is 11.3 Å². The normalized spacial score (nSPS) is 13.6. The van der Waals surface area contributed by atoms with Crippen molar-refractivity contribution in [3.8, 4) is 16.9 Å². The number of carbonyl (C=O) groups excluding carboxylic acids is 1. The van der Waals surface area contributed by atoms with Gasteiger partial charge in [-0.05, 0) is 59.4 Å². The summed E-state index contributed by atoms with van der Waals surface area (Å²) in [5.74, 6) is 0.229. The summed E-state index contributed by atoms with van der Waals surface area (Å²) in [7, 11) is 3.01. The molecule has 4 heterocycles. The van der Waals surface area contributed by atoms with Gasteiger partial charge in [-0.3, -0.25) is 9.48 Å². The number of amides is 1. The molecule has 1 amide bonds. The number of halogens is 3. The molecule has 3 aromatic heterocycles. The van der Waals surface area contributed by atoms with Gasteiger partial charge in [0, 0.05) is 55.2 Å². The van der Waals surface area contributed by atoms with Crippen LogP contribution in [-0.4, -0.2) is 49.1 Å². The maximum absolute atomic E-state index is 14.2. The van der Waals surface area contributed by atoms with Gasteiger partial charge < -0.3 is 14.2 Å². The van der Waals surface area contributed by atoms with Gasteiger partial charge in [0.05, 0.1) is 25.3 Å². The number of rotatable bonds is 6. The Kier molecular flexibility index (Phi) is 6.47. The van der Waals surface area contributed by atoms with Crippen molar-refractivity contribution in [1.29, 1.82) is 0 Å². The molecule has 1 aliphatic rings. The fraction of sp³-hybridized carbons (Fsp3) is 0.276. The predicted octanol–water partition coefficient (Wildman–Crippen LogP) is 5.07. The second-order valence-corrected chi connectivity index (χ2v) is 9.95. The molecule has 5 aromatic rings. The average Bonchev–Trinajstić information content (AvgIpc) is 3.62. The topological polar surface area (TPSA) is 91.0 Å². The van der Waals surface area contributed by atoms with Gasteiger partial charge in [-0.15, -0.1) is 5.10 Å². The summed E-state index contributed by atoms with van der Waals surface area (Å²) >= 11 is 0. The molecule has 1 aliphatic heterocycles. The largest absolute Gasteiger partial charge is 0.494 e. The van der Waals surface area contributed by atoms with Gasteiger partial charge in [0.2, 0.25) is 0 Å². The Balaban J connectivity index is 1.52. The van der Waals surface area contributed by atoms with Crippen molar-refractivity contribution in [3.05, 3.63) is 83.3 Å². The van der Waals surface area contributed by atoms with Crippen LogP contribution in [0.5, 0.6) is 5.75 Å². The zero-order valence-corrected chi connectivity index (χ0v) is 22.6. The molecule has 0 saturated carbocycles. The van der Waals surface area contributed by atoms with Crippen LogP contribution >= 0.6 is 0 Å². The van der Waals surface area contributed by atoms with Crippen LogP contribution in [0.15, 0.2) is 55.4 Å². The van der Waals surface area contributed by atoms with E-state index in [9.17, 15) is 18.0 Å². The molecule has 41 heavy (non-hydrogen) atoms. The summed E-state index contributed by atoms with van der Waals surface area (Å²) in [6, 6.07) is 7.34. The summed E-state index contributed by atoms with van der Waals surface area (Å²) < 4.78 is 50.6. The molecule has 0 N–H and O–H groups in total. The van der Waals surface area contributed by atoms with Crippen molar-refractivity contribution < 1.29 is 22.7 Å². The van der Waals surface area contributed by atoms with E-state index >= 15 is 0 Å². The molecule has 0 saturated heterocycles. The Labute approximate surface area is 233 Å². The number of alkyl halides is 3. The summed E-state index contributed by atoms with van der Waals surface area (Å²) in [5.41, 5.74) is 2.96. The number of aromatic nitrogens is 6. The number of ether oxygens (including phenoxy) is 1. The van der Waals surface area contributed by atoms with E-state index in [0.29, 0.717) is 52.2 Å². The van der Waals surface area contributed by atoms with Crippen molar-refractivity contribution in [2.24, 2.45) is 7.05 Å². The lowest BCUT2D eigenvalue weighted by molar-refractivity contribution is -0.140. The SMILES string of the molecule is CCc1cc(OC)c2nncc(N3CCc4c(cc(Cn5ccnc5)cc4-c4cn(C)nc4C(F)(F)F)C3=O)c2c1. The molecule has 210 valence electrons. The number of nitrogens with zero attached hydrogens (tertiary/aromatic N) is 7. The van der Waals surface area contributed by atoms with E-state index in [-0.39, 0.29) is 18.0 Å². The summed E-state index contributed by atoms with van der Waals surface area (Å²) in [4.78, 5) is 19.9. The number of benzene rings is 2. The van der Waals surface area contributed by atoms with Crippen molar-refractivity contribution in [1.82, 2.24) is 29.5 Å². The van der Waals surface area contributed by atoms with E-state index in [2.05, 4.69) is 20.3 Å². The van der Waals surface area contributed by atoms with E-state index < -0.39 is 11.9 Å². The van der Waals surface area contributed by atoms with Gasteiger partial charge in [0.25, 0.3) is 5.91 Å². The Morgan fingerprint density at radius 1 is 1.07 bits per heavy atom. The molecule has 0 spiro atoms. The smallest absolute Gasteiger partial charge is 0.435 e. The van der Waals surface area contributed by atoms with Gasteiger partial charge in [-0.1, -0.05) is 6.92 Å². The molecule has 0 aliphatic carbocycles. The number of aryl methyl sites for hydroxylation is 2. The number of hydrogen-bond acceptors (Lipinski definition) is 6. The molecule has 2 aromatic carbocycles. The first-order chi connectivity index (χ1) is 19.7. The zero-order chi connectivity index (χ0) is 28.9. The lowest BCUT2D eigenvalue weighted by atomic mass is 9.88. The third-order valence-corrected chi connectivity index (χ3v) is 7.35. The maximum Gasteiger partial charge on any atom is 0.435 e. The van der Waals surface area contributed by atoms with Crippen molar-refractivity contribution >= 4 is 22.5 Å². The molecule has 9 nitrogen and oxygen atoms in total. The average molecular weight is 562 g/mol. The van der Waals surface area contributed by atoms with E-state index in [1.54, 1.807) is 53.6 Å². The van der Waals surface area contributed by atoms with Crippen LogP contribution in [-0.2, 0) is 32.6 Å². The highest BCUT2D eigenvalue weighted by atomic mass is 19.4. The van der Waals surface area contributed by atoms with Crippen molar-refractivity contribution in [2.75, 3.05) is 18.6 Å². The minimum atomic E-state index is -4.66. The van der Waals surface area contributed by atoms with Gasteiger partial charge in [0.15, 0.2) is 5.69 Å². The maximum atomic E-state index is 14.2. The second-order valence-electron chi connectivity index (χ2n) is 9.95. The van der Waals surface area contributed by atoms with Crippen LogP contribution < -0.4 is 9.64 Å². The van der Waals surface area contributed by atoms with Gasteiger partial charge in [-0.2, -0.15) is 23.4 Å². The molecule has 0 unspecified atom stereocenters. The van der Waals surface area contributed by atoms with Crippen LogP contribution in [0.1, 0.15) is 39.7 Å². The van der Waals surface area contributed by atoms with Crippen LogP contribution in [0, 0.1) is 0 Å². The summed E-state index contributed by atoms with van der Waals surface area (Å²) in [6.07, 6.45) is 4.32. The Morgan fingerprint density at radius 3 is 2.59 bits per heavy atom. The number of methoxy groups -OCH3 is 1. The van der Waals surface area contributed by atoms with E-state index in [1.165, 1.54) is 13.2 Å². The molecule has 0 bridgehead atoms. The fourth-order valence-corrected chi connectivity index (χ4v) is 5.46. The highest BCUT2D eigenvalue weighted by Crippen LogP contribution is 2.41. The number of fused-ring (bicyclic) bond motifs is 2. The van der Waals surface area contributed by atoms with Crippen LogP contribution in [0.4, 0.5) is 18.9 Å². The van der Waals surface area contributed by atoms with Crippen molar-refractivity contribution in [3.63, 3.8) is 0 Å². The first kappa shape index (κ1) is 26.5. The third-order valence-electron chi connectivity index (χ3n) is 7.35. The Hall–Kier alpha value is -4.74. The second kappa shape index (κ2) is 10.0. The van der Waals surface area contributed by atoms with Crippen LogP contribution in [0.2, 0.25) is 0 Å². The van der Waals surface area contributed by atoms with Gasteiger partial charge in [-0.25, -0.2) is 4.98 Å². The summed E-state index contributed by atoms with van der Waals surface area (Å²) in [6.45, 7) is 2.60. The predicted molar refractivity (Wildman–Crippen MR) is 146 cm³/mol. The molecule has 0 radical (unpaired) electrons.